The van der Waals surface area contributed by atoms with Gasteiger partial charge in [-0.15, -0.1) is 0 Å². The van der Waals surface area contributed by atoms with Gasteiger partial charge in [-0.1, -0.05) is 30.4 Å². The highest BCUT2D eigenvalue weighted by molar-refractivity contribution is 9.10. The molecule has 94 valence electrons. The molecule has 5 heteroatoms. The van der Waals surface area contributed by atoms with E-state index in [1.165, 1.54) is 0 Å². The van der Waals surface area contributed by atoms with Crippen molar-refractivity contribution in [3.8, 4) is 11.5 Å². The van der Waals surface area contributed by atoms with Gasteiger partial charge in [0, 0.05) is 15.6 Å². The number of pyridine rings is 1. The predicted octanol–water partition coefficient (Wildman–Crippen LogP) is 4.43. The summed E-state index contributed by atoms with van der Waals surface area (Å²) in [4.78, 5) is 12.2. The Morgan fingerprint density at radius 1 is 1.16 bits per heavy atom. The molecule has 0 fully saturated rings. The topological polar surface area (TPSA) is 41.6 Å². The van der Waals surface area contributed by atoms with Crippen LogP contribution in [0.15, 0.2) is 40.9 Å². The molecular weight excluding hydrogens is 322 g/mol. The van der Waals surface area contributed by atoms with Gasteiger partial charge >= 0.3 is 0 Å². The maximum Gasteiger partial charge on any atom is 0.159 e. The first-order valence-electron chi connectivity index (χ1n) is 5.77. The Morgan fingerprint density at radius 2 is 1.95 bits per heavy atom. The lowest BCUT2D eigenvalue weighted by molar-refractivity contribution is 1.08. The second-order valence-corrected chi connectivity index (χ2v) is 5.54. The third-order valence-corrected chi connectivity index (χ3v) is 3.59. The summed E-state index contributed by atoms with van der Waals surface area (Å²) >= 11 is 8.70. The summed E-state index contributed by atoms with van der Waals surface area (Å²) in [6, 6.07) is 11.8. The molecule has 0 spiro atoms. The van der Waals surface area contributed by atoms with Gasteiger partial charge in [0.25, 0.3) is 0 Å². The molecule has 3 nitrogen and oxygen atoms in total. The highest BCUT2D eigenvalue weighted by atomic mass is 79.9. The van der Waals surface area contributed by atoms with E-state index in [1.54, 1.807) is 0 Å². The number of rotatable bonds is 1. The van der Waals surface area contributed by atoms with Crippen molar-refractivity contribution in [1.82, 2.24) is 15.0 Å². The fourth-order valence-electron chi connectivity index (χ4n) is 1.95. The van der Waals surface area contributed by atoms with Crippen molar-refractivity contribution in [2.24, 2.45) is 0 Å². The van der Waals surface area contributed by atoms with Crippen LogP contribution < -0.4 is 0 Å². The van der Waals surface area contributed by atoms with Crippen LogP contribution in [0.5, 0.6) is 0 Å². The number of nitrogens with zero attached hydrogens (tertiary/aromatic N) is 2. The molecule has 0 saturated carbocycles. The molecule has 2 aromatic heterocycles. The van der Waals surface area contributed by atoms with E-state index in [4.69, 9.17) is 12.2 Å². The zero-order valence-electron chi connectivity index (χ0n) is 10.1. The lowest BCUT2D eigenvalue weighted by atomic mass is 10.2. The molecule has 1 N–H and O–H groups in total. The van der Waals surface area contributed by atoms with Gasteiger partial charge in [-0.3, -0.25) is 0 Å². The molecule has 0 atom stereocenters. The van der Waals surface area contributed by atoms with E-state index < -0.39 is 0 Å². The normalized spacial score (nSPS) is 10.8. The van der Waals surface area contributed by atoms with Crippen LogP contribution in [0.2, 0.25) is 0 Å². The molecule has 0 aliphatic carbocycles. The maximum atomic E-state index is 5.15. The highest BCUT2D eigenvalue weighted by Crippen LogP contribution is 2.27. The molecule has 0 aliphatic heterocycles. The number of hydrogen-bond acceptors (Lipinski definition) is 3. The lowest BCUT2D eigenvalue weighted by Crippen LogP contribution is -1.96. The van der Waals surface area contributed by atoms with Crippen molar-refractivity contribution in [2.45, 2.75) is 6.92 Å². The van der Waals surface area contributed by atoms with E-state index in [0.717, 1.165) is 26.8 Å². The van der Waals surface area contributed by atoms with Crippen LogP contribution in [-0.4, -0.2) is 15.0 Å². The summed E-state index contributed by atoms with van der Waals surface area (Å²) in [5.41, 5.74) is 2.67. The largest absolute Gasteiger partial charge is 0.342 e. The van der Waals surface area contributed by atoms with Gasteiger partial charge in [0.05, 0.1) is 5.52 Å². The summed E-state index contributed by atoms with van der Waals surface area (Å²) in [6.07, 6.45) is 0. The van der Waals surface area contributed by atoms with Crippen molar-refractivity contribution >= 4 is 39.1 Å². The number of halogens is 1. The van der Waals surface area contributed by atoms with Gasteiger partial charge in [-0.25, -0.2) is 9.97 Å². The van der Waals surface area contributed by atoms with Crippen LogP contribution >= 0.6 is 28.1 Å². The first-order valence-corrected chi connectivity index (χ1v) is 6.97. The number of aromatic nitrogens is 3. The van der Waals surface area contributed by atoms with Crippen LogP contribution in [0.4, 0.5) is 0 Å². The Hall–Kier alpha value is -1.59. The van der Waals surface area contributed by atoms with Crippen molar-refractivity contribution in [1.29, 1.82) is 0 Å². The average Bonchev–Trinajstić information content (AvgIpc) is 2.36. The van der Waals surface area contributed by atoms with Gasteiger partial charge in [-0.05, 0) is 41.1 Å². The fourth-order valence-corrected chi connectivity index (χ4v) is 2.74. The number of H-pyrrole nitrogens is 1. The summed E-state index contributed by atoms with van der Waals surface area (Å²) in [6.45, 7) is 1.95. The van der Waals surface area contributed by atoms with E-state index >= 15 is 0 Å². The first kappa shape index (κ1) is 12.4. The number of benzene rings is 1. The minimum atomic E-state index is 0.563. The Labute approximate surface area is 123 Å². The predicted molar refractivity (Wildman–Crippen MR) is 82.6 cm³/mol. The highest BCUT2D eigenvalue weighted by Gasteiger charge is 2.09. The molecule has 0 aliphatic rings. The van der Waals surface area contributed by atoms with Crippen LogP contribution in [0.25, 0.3) is 22.4 Å². The van der Waals surface area contributed by atoms with Crippen LogP contribution in [-0.2, 0) is 0 Å². The number of fused-ring (bicyclic) bond motifs is 1. The second-order valence-electron chi connectivity index (χ2n) is 4.26. The summed E-state index contributed by atoms with van der Waals surface area (Å²) < 4.78 is 1.46. The number of aryl methyl sites for hydroxylation is 1. The van der Waals surface area contributed by atoms with E-state index in [2.05, 4.69) is 30.9 Å². The number of aromatic amines is 1. The second kappa shape index (κ2) is 4.83. The Bertz CT molecular complexity index is 826. The lowest BCUT2D eigenvalue weighted by Gasteiger charge is -2.06. The Kier molecular flexibility index (Phi) is 3.16. The zero-order chi connectivity index (χ0) is 13.4. The third kappa shape index (κ3) is 2.43. The SMILES string of the molecule is Cc1cc(=S)nc(-c2nc3ccccc3cc2Br)[nH]1. The van der Waals surface area contributed by atoms with Crippen molar-refractivity contribution in [3.05, 3.63) is 51.2 Å². The molecule has 3 rings (SSSR count). The fraction of sp³-hybridized carbons (Fsp3) is 0.0714. The van der Waals surface area contributed by atoms with Gasteiger partial charge in [-0.2, -0.15) is 0 Å². The maximum absolute atomic E-state index is 5.15. The van der Waals surface area contributed by atoms with E-state index in [-0.39, 0.29) is 0 Å². The van der Waals surface area contributed by atoms with Crippen LogP contribution in [0.1, 0.15) is 5.69 Å². The molecule has 1 aromatic carbocycles. The van der Waals surface area contributed by atoms with E-state index in [1.807, 2.05) is 43.3 Å². The summed E-state index contributed by atoms with van der Waals surface area (Å²) in [5.74, 6) is 0.683. The molecule has 0 bridgehead atoms. The first-order chi connectivity index (χ1) is 9.13. The average molecular weight is 332 g/mol. The molecule has 0 radical (unpaired) electrons. The van der Waals surface area contributed by atoms with Crippen LogP contribution in [0, 0.1) is 11.6 Å². The number of hydrogen-bond donors (Lipinski definition) is 1. The van der Waals surface area contributed by atoms with Crippen molar-refractivity contribution in [3.63, 3.8) is 0 Å². The van der Waals surface area contributed by atoms with Gasteiger partial charge in [0.2, 0.25) is 0 Å². The molecule has 0 unspecified atom stereocenters. The summed E-state index contributed by atoms with van der Waals surface area (Å²) in [5, 5.41) is 1.09. The van der Waals surface area contributed by atoms with Crippen molar-refractivity contribution in [2.75, 3.05) is 0 Å². The smallest absolute Gasteiger partial charge is 0.159 e. The monoisotopic (exact) mass is 331 g/mol. The molecular formula is C14H10BrN3S. The molecule has 2 heterocycles. The Morgan fingerprint density at radius 3 is 2.74 bits per heavy atom. The van der Waals surface area contributed by atoms with E-state index in [9.17, 15) is 0 Å². The number of nitrogens with one attached hydrogen (secondary N) is 1. The van der Waals surface area contributed by atoms with Gasteiger partial charge < -0.3 is 4.98 Å². The van der Waals surface area contributed by atoms with Gasteiger partial charge in [0.1, 0.15) is 10.3 Å². The quantitative estimate of drug-likeness (QED) is 0.671. The van der Waals surface area contributed by atoms with E-state index in [0.29, 0.717) is 10.5 Å². The molecule has 0 saturated heterocycles. The summed E-state index contributed by atoms with van der Waals surface area (Å²) in [7, 11) is 0. The third-order valence-electron chi connectivity index (χ3n) is 2.78. The van der Waals surface area contributed by atoms with Crippen molar-refractivity contribution < 1.29 is 0 Å². The molecule has 3 aromatic rings. The van der Waals surface area contributed by atoms with Gasteiger partial charge in [0.15, 0.2) is 5.82 Å². The molecule has 0 amide bonds. The molecule has 19 heavy (non-hydrogen) atoms. The number of para-hydroxylation sites is 1. The zero-order valence-corrected chi connectivity index (χ0v) is 12.5. The Balaban J connectivity index is 2.29. The van der Waals surface area contributed by atoms with Crippen LogP contribution in [0.3, 0.4) is 0 Å². The minimum Gasteiger partial charge on any atom is -0.342 e. The standard InChI is InChI=1S/C14H10BrN3S/c1-8-6-12(19)18-14(16-8)13-10(15)7-9-4-2-3-5-11(9)17-13/h2-7H,1H3,(H,16,18,19). The minimum absolute atomic E-state index is 0.563.